The van der Waals surface area contributed by atoms with Gasteiger partial charge in [0.05, 0.1) is 18.5 Å². The molecule has 0 aliphatic carbocycles. The molecule has 0 radical (unpaired) electrons. The standard InChI is InChI=1S/C20H22N2O3/c1-4-24-18-11-16-9-14(3)25-19(16)10-15(18)5-6-20(23)22-17-12-21-8-7-13(17)2/h5-8,10-12,14H,4,9H2,1-3H3,(H,22,23)/b6-5+. The highest BCUT2D eigenvalue weighted by Gasteiger charge is 2.21. The van der Waals surface area contributed by atoms with E-state index >= 15 is 0 Å². The van der Waals surface area contributed by atoms with Crippen LogP contribution >= 0.6 is 0 Å². The molecule has 1 aliphatic rings. The van der Waals surface area contributed by atoms with Crippen LogP contribution in [0.5, 0.6) is 11.5 Å². The third-order valence-electron chi connectivity index (χ3n) is 4.04. The molecule has 25 heavy (non-hydrogen) atoms. The van der Waals surface area contributed by atoms with Gasteiger partial charge in [0.25, 0.3) is 0 Å². The van der Waals surface area contributed by atoms with Gasteiger partial charge >= 0.3 is 0 Å². The predicted octanol–water partition coefficient (Wildman–Crippen LogP) is 3.76. The number of ether oxygens (including phenoxy) is 2. The van der Waals surface area contributed by atoms with E-state index in [0.717, 1.165) is 34.6 Å². The van der Waals surface area contributed by atoms with Crippen molar-refractivity contribution in [3.63, 3.8) is 0 Å². The normalized spacial score (nSPS) is 15.7. The lowest BCUT2D eigenvalue weighted by atomic mass is 10.1. The van der Waals surface area contributed by atoms with Crippen LogP contribution in [0.15, 0.2) is 36.7 Å². The van der Waals surface area contributed by atoms with E-state index in [-0.39, 0.29) is 12.0 Å². The van der Waals surface area contributed by atoms with E-state index in [9.17, 15) is 4.79 Å². The molecule has 5 heteroatoms. The summed E-state index contributed by atoms with van der Waals surface area (Å²) in [6.07, 6.45) is 7.62. The topological polar surface area (TPSA) is 60.5 Å². The summed E-state index contributed by atoms with van der Waals surface area (Å²) in [5.41, 5.74) is 3.64. The monoisotopic (exact) mass is 338 g/mol. The Kier molecular flexibility index (Phi) is 5.03. The van der Waals surface area contributed by atoms with E-state index in [1.54, 1.807) is 18.5 Å². The maximum Gasteiger partial charge on any atom is 0.248 e. The lowest BCUT2D eigenvalue weighted by molar-refractivity contribution is -0.111. The summed E-state index contributed by atoms with van der Waals surface area (Å²) in [4.78, 5) is 16.2. The molecule has 1 aromatic carbocycles. The van der Waals surface area contributed by atoms with Crippen LogP contribution in [0.25, 0.3) is 6.08 Å². The fourth-order valence-corrected chi connectivity index (χ4v) is 2.80. The van der Waals surface area contributed by atoms with E-state index in [1.807, 2.05) is 39.0 Å². The highest BCUT2D eigenvalue weighted by molar-refractivity contribution is 6.02. The van der Waals surface area contributed by atoms with Crippen molar-refractivity contribution in [3.8, 4) is 11.5 Å². The first kappa shape index (κ1) is 17.0. The maximum absolute atomic E-state index is 12.2. The van der Waals surface area contributed by atoms with Crippen LogP contribution in [0.3, 0.4) is 0 Å². The summed E-state index contributed by atoms with van der Waals surface area (Å²) in [7, 11) is 0. The van der Waals surface area contributed by atoms with Crippen LogP contribution < -0.4 is 14.8 Å². The second kappa shape index (κ2) is 7.38. The molecule has 2 aromatic rings. The minimum absolute atomic E-state index is 0.167. The molecule has 1 unspecified atom stereocenters. The lowest BCUT2D eigenvalue weighted by Crippen LogP contribution is -2.09. The molecule has 1 N–H and O–H groups in total. The fraction of sp³-hybridized carbons (Fsp3) is 0.300. The van der Waals surface area contributed by atoms with Crippen molar-refractivity contribution in [2.24, 2.45) is 0 Å². The fourth-order valence-electron chi connectivity index (χ4n) is 2.80. The summed E-state index contributed by atoms with van der Waals surface area (Å²) in [5, 5.41) is 2.83. The summed E-state index contributed by atoms with van der Waals surface area (Å²) in [6, 6.07) is 5.79. The Morgan fingerprint density at radius 1 is 1.48 bits per heavy atom. The highest BCUT2D eigenvalue weighted by Crippen LogP contribution is 2.35. The average Bonchev–Trinajstić information content (AvgIpc) is 2.94. The number of hydrogen-bond acceptors (Lipinski definition) is 4. The number of aromatic nitrogens is 1. The Hall–Kier alpha value is -2.82. The molecule has 0 spiro atoms. The summed E-state index contributed by atoms with van der Waals surface area (Å²) in [6.45, 7) is 6.47. The van der Waals surface area contributed by atoms with Gasteiger partial charge in [-0.3, -0.25) is 9.78 Å². The smallest absolute Gasteiger partial charge is 0.248 e. The number of rotatable bonds is 5. The molecular formula is C20H22N2O3. The van der Waals surface area contributed by atoms with E-state index in [0.29, 0.717) is 12.3 Å². The number of fused-ring (bicyclic) bond motifs is 1. The van der Waals surface area contributed by atoms with Crippen LogP contribution in [0, 0.1) is 6.92 Å². The van der Waals surface area contributed by atoms with Gasteiger partial charge in [0, 0.05) is 29.8 Å². The zero-order chi connectivity index (χ0) is 17.8. The third kappa shape index (κ3) is 3.99. The number of aryl methyl sites for hydroxylation is 1. The van der Waals surface area contributed by atoms with Gasteiger partial charge in [-0.1, -0.05) is 0 Å². The SMILES string of the molecule is CCOc1cc2c(cc1/C=C/C(=O)Nc1cnccc1C)OC(C)C2. The number of nitrogens with one attached hydrogen (secondary N) is 1. The van der Waals surface area contributed by atoms with Crippen molar-refractivity contribution in [2.45, 2.75) is 33.3 Å². The Balaban J connectivity index is 1.79. The molecule has 1 atom stereocenters. The summed E-state index contributed by atoms with van der Waals surface area (Å²) < 4.78 is 11.5. The Morgan fingerprint density at radius 2 is 2.32 bits per heavy atom. The molecule has 5 nitrogen and oxygen atoms in total. The summed E-state index contributed by atoms with van der Waals surface area (Å²) in [5.74, 6) is 1.41. The first-order valence-corrected chi connectivity index (χ1v) is 8.43. The molecule has 3 rings (SSSR count). The van der Waals surface area contributed by atoms with Gasteiger partial charge in [-0.05, 0) is 50.6 Å². The number of carbonyl (C=O) groups excluding carboxylic acids is 1. The van der Waals surface area contributed by atoms with Gasteiger partial charge in [0.2, 0.25) is 5.91 Å². The molecule has 0 fully saturated rings. The van der Waals surface area contributed by atoms with Crippen molar-refractivity contribution in [2.75, 3.05) is 11.9 Å². The molecule has 1 aromatic heterocycles. The molecule has 0 bridgehead atoms. The average molecular weight is 338 g/mol. The Labute approximate surface area is 147 Å². The maximum atomic E-state index is 12.2. The number of anilines is 1. The second-order valence-electron chi connectivity index (χ2n) is 6.08. The van der Waals surface area contributed by atoms with Crippen LogP contribution in [0.4, 0.5) is 5.69 Å². The van der Waals surface area contributed by atoms with E-state index in [2.05, 4.69) is 10.3 Å². The van der Waals surface area contributed by atoms with E-state index in [4.69, 9.17) is 9.47 Å². The molecule has 0 saturated carbocycles. The van der Waals surface area contributed by atoms with Gasteiger partial charge in [-0.15, -0.1) is 0 Å². The van der Waals surface area contributed by atoms with Crippen molar-refractivity contribution in [1.82, 2.24) is 4.98 Å². The minimum Gasteiger partial charge on any atom is -0.493 e. The molecule has 130 valence electrons. The first-order chi connectivity index (χ1) is 12.1. The predicted molar refractivity (Wildman–Crippen MR) is 98.0 cm³/mol. The zero-order valence-corrected chi connectivity index (χ0v) is 14.7. The molecule has 1 amide bonds. The molecular weight excluding hydrogens is 316 g/mol. The molecule has 2 heterocycles. The van der Waals surface area contributed by atoms with Crippen molar-refractivity contribution in [1.29, 1.82) is 0 Å². The number of benzene rings is 1. The van der Waals surface area contributed by atoms with Crippen LogP contribution in [-0.4, -0.2) is 23.6 Å². The van der Waals surface area contributed by atoms with Crippen LogP contribution in [0.1, 0.15) is 30.5 Å². The number of nitrogens with zero attached hydrogens (tertiary/aromatic N) is 1. The molecule has 1 aliphatic heterocycles. The Bertz CT molecular complexity index is 815. The number of hydrogen-bond donors (Lipinski definition) is 1. The first-order valence-electron chi connectivity index (χ1n) is 8.43. The minimum atomic E-state index is -0.215. The summed E-state index contributed by atoms with van der Waals surface area (Å²) >= 11 is 0. The number of carbonyl (C=O) groups is 1. The second-order valence-corrected chi connectivity index (χ2v) is 6.08. The van der Waals surface area contributed by atoms with Gasteiger partial charge in [-0.25, -0.2) is 0 Å². The Morgan fingerprint density at radius 3 is 3.08 bits per heavy atom. The quantitative estimate of drug-likeness (QED) is 0.843. The number of amides is 1. The largest absolute Gasteiger partial charge is 0.493 e. The van der Waals surface area contributed by atoms with Gasteiger partial charge in [0.15, 0.2) is 0 Å². The third-order valence-corrected chi connectivity index (χ3v) is 4.04. The van der Waals surface area contributed by atoms with Crippen LogP contribution in [-0.2, 0) is 11.2 Å². The highest BCUT2D eigenvalue weighted by atomic mass is 16.5. The van der Waals surface area contributed by atoms with Gasteiger partial charge in [0.1, 0.15) is 17.6 Å². The number of pyridine rings is 1. The van der Waals surface area contributed by atoms with Crippen LogP contribution in [0.2, 0.25) is 0 Å². The van der Waals surface area contributed by atoms with Crippen molar-refractivity contribution < 1.29 is 14.3 Å². The van der Waals surface area contributed by atoms with Gasteiger partial charge in [-0.2, -0.15) is 0 Å². The zero-order valence-electron chi connectivity index (χ0n) is 14.7. The van der Waals surface area contributed by atoms with E-state index < -0.39 is 0 Å². The van der Waals surface area contributed by atoms with E-state index in [1.165, 1.54) is 6.08 Å². The molecule has 0 saturated heterocycles. The van der Waals surface area contributed by atoms with Crippen molar-refractivity contribution >= 4 is 17.7 Å². The van der Waals surface area contributed by atoms with Gasteiger partial charge < -0.3 is 14.8 Å². The van der Waals surface area contributed by atoms with Crippen molar-refractivity contribution in [3.05, 3.63) is 53.4 Å². The lowest BCUT2D eigenvalue weighted by Gasteiger charge is -2.10.